The van der Waals surface area contributed by atoms with Crippen LogP contribution in [-0.4, -0.2) is 24.2 Å². The van der Waals surface area contributed by atoms with Gasteiger partial charge in [0.2, 0.25) is 5.91 Å². The van der Waals surface area contributed by atoms with Crippen LogP contribution in [0.2, 0.25) is 0 Å². The van der Waals surface area contributed by atoms with Crippen molar-refractivity contribution in [1.82, 2.24) is 0 Å². The minimum atomic E-state index is 0.00211. The predicted molar refractivity (Wildman–Crippen MR) is 80.5 cm³/mol. The zero-order valence-corrected chi connectivity index (χ0v) is 11.6. The summed E-state index contributed by atoms with van der Waals surface area (Å²) >= 11 is 0. The lowest BCUT2D eigenvalue weighted by Gasteiger charge is -2.20. The molecule has 1 atom stereocenters. The molecule has 0 aliphatic carbocycles. The maximum Gasteiger partial charge on any atom is 0.227 e. The Balaban J connectivity index is 1.88. The Morgan fingerprint density at radius 3 is 2.52 bits per heavy atom. The van der Waals surface area contributed by atoms with Crippen LogP contribution in [0.15, 0.2) is 54.6 Å². The molecule has 1 unspecified atom stereocenters. The number of carbonyl (C=O) groups is 1. The molecule has 1 amide bonds. The van der Waals surface area contributed by atoms with Gasteiger partial charge in [-0.05, 0) is 24.3 Å². The number of carbonyl (C=O) groups excluding carboxylic acids is 1. The number of aliphatic hydroxyl groups is 1. The SMILES string of the molecule is O=C1CC(CO)CN1c1ccccc1Oc1ccccc1. The maximum absolute atomic E-state index is 12.1. The normalized spacial score (nSPS) is 18.0. The minimum absolute atomic E-state index is 0.00211. The first-order valence-electron chi connectivity index (χ1n) is 7.01. The summed E-state index contributed by atoms with van der Waals surface area (Å²) < 4.78 is 5.88. The van der Waals surface area contributed by atoms with Gasteiger partial charge in [0.05, 0.1) is 5.69 Å². The fourth-order valence-corrected chi connectivity index (χ4v) is 2.52. The van der Waals surface area contributed by atoms with Gasteiger partial charge in [0.15, 0.2) is 5.75 Å². The van der Waals surface area contributed by atoms with E-state index < -0.39 is 0 Å². The number of rotatable bonds is 4. The largest absolute Gasteiger partial charge is 0.455 e. The Labute approximate surface area is 123 Å². The van der Waals surface area contributed by atoms with Gasteiger partial charge in [-0.1, -0.05) is 30.3 Å². The molecule has 1 N–H and O–H groups in total. The molecule has 1 aliphatic heterocycles. The first-order valence-corrected chi connectivity index (χ1v) is 7.01. The van der Waals surface area contributed by atoms with E-state index in [9.17, 15) is 9.90 Å². The van der Waals surface area contributed by atoms with Gasteiger partial charge in [-0.3, -0.25) is 4.79 Å². The van der Waals surface area contributed by atoms with Crippen molar-refractivity contribution in [3.8, 4) is 11.5 Å². The third-order valence-electron chi connectivity index (χ3n) is 3.59. The smallest absolute Gasteiger partial charge is 0.227 e. The number of amides is 1. The first kappa shape index (κ1) is 13.6. The molecular weight excluding hydrogens is 266 g/mol. The van der Waals surface area contributed by atoms with Crippen LogP contribution < -0.4 is 9.64 Å². The van der Waals surface area contributed by atoms with E-state index in [2.05, 4.69) is 0 Å². The third-order valence-corrected chi connectivity index (χ3v) is 3.59. The summed E-state index contributed by atoms with van der Waals surface area (Å²) in [6.07, 6.45) is 0.385. The average Bonchev–Trinajstić information content (AvgIpc) is 2.90. The molecule has 2 aromatic carbocycles. The Kier molecular flexibility index (Phi) is 3.88. The third kappa shape index (κ3) is 2.90. The van der Waals surface area contributed by atoms with Crippen LogP contribution in [-0.2, 0) is 4.79 Å². The second-order valence-electron chi connectivity index (χ2n) is 5.14. The van der Waals surface area contributed by atoms with Crippen molar-refractivity contribution < 1.29 is 14.6 Å². The molecule has 1 fully saturated rings. The molecule has 1 heterocycles. The molecule has 0 radical (unpaired) electrons. The topological polar surface area (TPSA) is 49.8 Å². The van der Waals surface area contributed by atoms with Gasteiger partial charge in [-0.15, -0.1) is 0 Å². The Morgan fingerprint density at radius 1 is 1.10 bits per heavy atom. The molecule has 0 bridgehead atoms. The highest BCUT2D eigenvalue weighted by Gasteiger charge is 2.31. The lowest BCUT2D eigenvalue weighted by atomic mass is 10.1. The van der Waals surface area contributed by atoms with Crippen LogP contribution in [0.4, 0.5) is 5.69 Å². The van der Waals surface area contributed by atoms with Gasteiger partial charge in [0, 0.05) is 25.5 Å². The molecule has 4 heteroatoms. The summed E-state index contributed by atoms with van der Waals surface area (Å²) in [5.74, 6) is 1.41. The molecule has 0 saturated carbocycles. The van der Waals surface area contributed by atoms with Crippen molar-refractivity contribution in [2.75, 3.05) is 18.1 Å². The fraction of sp³-hybridized carbons (Fsp3) is 0.235. The summed E-state index contributed by atoms with van der Waals surface area (Å²) in [6.45, 7) is 0.564. The van der Waals surface area contributed by atoms with Gasteiger partial charge in [-0.2, -0.15) is 0 Å². The summed E-state index contributed by atoms with van der Waals surface area (Å²) in [4.78, 5) is 13.8. The number of para-hydroxylation sites is 3. The molecule has 0 spiro atoms. The zero-order valence-electron chi connectivity index (χ0n) is 11.6. The summed E-state index contributed by atoms with van der Waals surface area (Å²) in [5, 5.41) is 9.24. The molecule has 4 nitrogen and oxygen atoms in total. The Morgan fingerprint density at radius 2 is 1.81 bits per heavy atom. The molecule has 1 saturated heterocycles. The van der Waals surface area contributed by atoms with E-state index in [1.807, 2.05) is 54.6 Å². The number of benzene rings is 2. The number of hydrogen-bond donors (Lipinski definition) is 1. The molecule has 21 heavy (non-hydrogen) atoms. The highest BCUT2D eigenvalue weighted by Crippen LogP contribution is 2.35. The summed E-state index contributed by atoms with van der Waals surface area (Å²) in [7, 11) is 0. The number of hydrogen-bond acceptors (Lipinski definition) is 3. The average molecular weight is 283 g/mol. The van der Waals surface area contributed by atoms with Crippen LogP contribution in [0.25, 0.3) is 0 Å². The van der Waals surface area contributed by atoms with Gasteiger partial charge >= 0.3 is 0 Å². The lowest BCUT2D eigenvalue weighted by Crippen LogP contribution is -2.25. The van der Waals surface area contributed by atoms with E-state index >= 15 is 0 Å². The fourth-order valence-electron chi connectivity index (χ4n) is 2.52. The monoisotopic (exact) mass is 283 g/mol. The standard InChI is InChI=1S/C17H17NO3/c19-12-13-10-17(20)18(11-13)15-8-4-5-9-16(15)21-14-6-2-1-3-7-14/h1-9,13,19H,10-12H2. The number of nitrogens with zero attached hydrogens (tertiary/aromatic N) is 1. The van der Waals surface area contributed by atoms with Crippen molar-refractivity contribution >= 4 is 11.6 Å². The molecule has 0 aromatic heterocycles. The highest BCUT2D eigenvalue weighted by molar-refractivity contribution is 5.97. The van der Waals surface area contributed by atoms with Crippen LogP contribution in [0.1, 0.15) is 6.42 Å². The second kappa shape index (κ2) is 5.97. The van der Waals surface area contributed by atoms with Crippen molar-refractivity contribution in [2.24, 2.45) is 5.92 Å². The van der Waals surface area contributed by atoms with Gasteiger partial charge in [0.1, 0.15) is 5.75 Å². The summed E-state index contributed by atoms with van der Waals surface area (Å²) in [6, 6.07) is 17.0. The van der Waals surface area contributed by atoms with E-state index in [0.717, 1.165) is 11.4 Å². The Bertz CT molecular complexity index is 627. The summed E-state index contributed by atoms with van der Waals surface area (Å²) in [5.41, 5.74) is 0.752. The van der Waals surface area contributed by atoms with E-state index in [1.165, 1.54) is 0 Å². The quantitative estimate of drug-likeness (QED) is 0.938. The number of anilines is 1. The van der Waals surface area contributed by atoms with Gasteiger partial charge < -0.3 is 14.7 Å². The minimum Gasteiger partial charge on any atom is -0.455 e. The van der Waals surface area contributed by atoms with Gasteiger partial charge in [-0.25, -0.2) is 0 Å². The van der Waals surface area contributed by atoms with E-state index in [-0.39, 0.29) is 18.4 Å². The Hall–Kier alpha value is -2.33. The lowest BCUT2D eigenvalue weighted by molar-refractivity contribution is -0.117. The van der Waals surface area contributed by atoms with Crippen molar-refractivity contribution in [1.29, 1.82) is 0 Å². The molecular formula is C17H17NO3. The maximum atomic E-state index is 12.1. The molecule has 1 aliphatic rings. The van der Waals surface area contributed by atoms with E-state index in [0.29, 0.717) is 18.7 Å². The number of aliphatic hydroxyl groups excluding tert-OH is 1. The van der Waals surface area contributed by atoms with Crippen molar-refractivity contribution in [3.63, 3.8) is 0 Å². The number of ether oxygens (including phenoxy) is 1. The first-order chi connectivity index (χ1) is 10.3. The van der Waals surface area contributed by atoms with Crippen LogP contribution >= 0.6 is 0 Å². The van der Waals surface area contributed by atoms with Crippen molar-refractivity contribution in [2.45, 2.75) is 6.42 Å². The van der Waals surface area contributed by atoms with E-state index in [4.69, 9.17) is 4.74 Å². The molecule has 108 valence electrons. The van der Waals surface area contributed by atoms with Crippen LogP contribution in [0.5, 0.6) is 11.5 Å². The van der Waals surface area contributed by atoms with Gasteiger partial charge in [0.25, 0.3) is 0 Å². The second-order valence-corrected chi connectivity index (χ2v) is 5.14. The highest BCUT2D eigenvalue weighted by atomic mass is 16.5. The van der Waals surface area contributed by atoms with E-state index in [1.54, 1.807) is 4.90 Å². The predicted octanol–water partition coefficient (Wildman–Crippen LogP) is 2.82. The van der Waals surface area contributed by atoms with Crippen molar-refractivity contribution in [3.05, 3.63) is 54.6 Å². The van der Waals surface area contributed by atoms with Crippen LogP contribution in [0, 0.1) is 5.92 Å². The molecule has 3 rings (SSSR count). The zero-order chi connectivity index (χ0) is 14.7. The van der Waals surface area contributed by atoms with Crippen LogP contribution in [0.3, 0.4) is 0 Å². The molecule has 2 aromatic rings.